The van der Waals surface area contributed by atoms with E-state index in [1.807, 2.05) is 20.8 Å². The van der Waals surface area contributed by atoms with Crippen molar-refractivity contribution in [3.05, 3.63) is 18.5 Å². The Morgan fingerprint density at radius 3 is 2.74 bits per heavy atom. The van der Waals surface area contributed by atoms with Gasteiger partial charge in [-0.2, -0.15) is 0 Å². The fourth-order valence-electron chi connectivity index (χ4n) is 1.90. The lowest BCUT2D eigenvalue weighted by atomic mass is 10.1. The Morgan fingerprint density at radius 1 is 1.42 bits per heavy atom. The van der Waals surface area contributed by atoms with Gasteiger partial charge in [0.15, 0.2) is 0 Å². The predicted molar refractivity (Wildman–Crippen MR) is 70.9 cm³/mol. The zero-order valence-electron chi connectivity index (χ0n) is 11.6. The van der Waals surface area contributed by atoms with Crippen LogP contribution in [0.3, 0.4) is 0 Å². The third kappa shape index (κ3) is 4.08. The molecule has 104 valence electrons. The Balaban J connectivity index is 1.85. The molecule has 2 rings (SSSR count). The molecule has 1 atom stereocenters. The molecular weight excluding hydrogens is 244 g/mol. The topological polar surface area (TPSA) is 67.4 Å². The summed E-state index contributed by atoms with van der Waals surface area (Å²) in [5.41, 5.74) is -0.224. The smallest absolute Gasteiger partial charge is 0.317 e. The van der Waals surface area contributed by atoms with E-state index in [9.17, 15) is 4.79 Å². The van der Waals surface area contributed by atoms with E-state index in [2.05, 4.69) is 15.3 Å². The standard InChI is InChI=1S/C13H20N4O2/c1-13(2,3)16-12(18)17-8-5-10(9-17)19-11-14-6-4-7-15-11/h4,6-7,10H,5,8-9H2,1-3H3,(H,16,18). The Hall–Kier alpha value is -1.85. The van der Waals surface area contributed by atoms with Gasteiger partial charge in [0.05, 0.1) is 6.54 Å². The van der Waals surface area contributed by atoms with Crippen LogP contribution in [0.1, 0.15) is 27.2 Å². The van der Waals surface area contributed by atoms with Crippen molar-refractivity contribution in [2.24, 2.45) is 0 Å². The van der Waals surface area contributed by atoms with E-state index in [1.54, 1.807) is 23.4 Å². The third-order valence-electron chi connectivity index (χ3n) is 2.73. The van der Waals surface area contributed by atoms with Crippen LogP contribution < -0.4 is 10.1 Å². The molecule has 0 aromatic carbocycles. The fourth-order valence-corrected chi connectivity index (χ4v) is 1.90. The highest BCUT2D eigenvalue weighted by molar-refractivity contribution is 5.75. The number of urea groups is 1. The number of hydrogen-bond donors (Lipinski definition) is 1. The van der Waals surface area contributed by atoms with Gasteiger partial charge in [-0.1, -0.05) is 0 Å². The number of nitrogens with zero attached hydrogens (tertiary/aromatic N) is 3. The molecule has 1 aromatic rings. The second kappa shape index (κ2) is 5.42. The van der Waals surface area contributed by atoms with Crippen LogP contribution >= 0.6 is 0 Å². The lowest BCUT2D eigenvalue weighted by Crippen LogP contribution is -2.48. The Kier molecular flexibility index (Phi) is 3.87. The molecule has 2 heterocycles. The van der Waals surface area contributed by atoms with Crippen LogP contribution in [0.2, 0.25) is 0 Å². The maximum Gasteiger partial charge on any atom is 0.317 e. The summed E-state index contributed by atoms with van der Waals surface area (Å²) >= 11 is 0. The van der Waals surface area contributed by atoms with Crippen molar-refractivity contribution in [1.82, 2.24) is 20.2 Å². The molecule has 0 spiro atoms. The highest BCUT2D eigenvalue weighted by Gasteiger charge is 2.29. The maximum atomic E-state index is 12.0. The van der Waals surface area contributed by atoms with Gasteiger partial charge in [-0.05, 0) is 26.8 Å². The van der Waals surface area contributed by atoms with Crippen LogP contribution in [-0.4, -0.2) is 45.6 Å². The SMILES string of the molecule is CC(C)(C)NC(=O)N1CCC(Oc2ncccn2)C1. The second-order valence-corrected chi connectivity index (χ2v) is 5.69. The van der Waals surface area contributed by atoms with Gasteiger partial charge < -0.3 is 15.0 Å². The van der Waals surface area contributed by atoms with Crippen LogP contribution in [0, 0.1) is 0 Å². The number of hydrogen-bond acceptors (Lipinski definition) is 4. The van der Waals surface area contributed by atoms with Crippen LogP contribution in [0.25, 0.3) is 0 Å². The second-order valence-electron chi connectivity index (χ2n) is 5.69. The highest BCUT2D eigenvalue weighted by Crippen LogP contribution is 2.15. The maximum absolute atomic E-state index is 12.0. The van der Waals surface area contributed by atoms with Crippen molar-refractivity contribution in [2.75, 3.05) is 13.1 Å². The molecule has 1 aromatic heterocycles. The predicted octanol–water partition coefficient (Wildman–Crippen LogP) is 1.44. The molecule has 1 saturated heterocycles. The molecule has 6 heteroatoms. The quantitative estimate of drug-likeness (QED) is 0.877. The monoisotopic (exact) mass is 264 g/mol. The number of rotatable bonds is 2. The van der Waals surface area contributed by atoms with E-state index in [1.165, 1.54) is 0 Å². The molecule has 1 unspecified atom stereocenters. The Morgan fingerprint density at radius 2 is 2.11 bits per heavy atom. The molecule has 0 saturated carbocycles. The van der Waals surface area contributed by atoms with Gasteiger partial charge in [0.1, 0.15) is 6.10 Å². The Labute approximate surface area is 113 Å². The van der Waals surface area contributed by atoms with Crippen molar-refractivity contribution >= 4 is 6.03 Å². The molecule has 1 fully saturated rings. The number of carbonyl (C=O) groups excluding carboxylic acids is 1. The van der Waals surface area contributed by atoms with Gasteiger partial charge in [-0.15, -0.1) is 0 Å². The zero-order chi connectivity index (χ0) is 13.9. The van der Waals surface area contributed by atoms with Crippen molar-refractivity contribution in [2.45, 2.75) is 38.8 Å². The van der Waals surface area contributed by atoms with Crippen molar-refractivity contribution in [3.8, 4) is 6.01 Å². The highest BCUT2D eigenvalue weighted by atomic mass is 16.5. The van der Waals surface area contributed by atoms with Gasteiger partial charge in [-0.3, -0.25) is 0 Å². The van der Waals surface area contributed by atoms with Crippen LogP contribution in [0.15, 0.2) is 18.5 Å². The van der Waals surface area contributed by atoms with Gasteiger partial charge in [0.25, 0.3) is 0 Å². The summed E-state index contributed by atoms with van der Waals surface area (Å²) in [5, 5.41) is 2.95. The molecule has 1 aliphatic heterocycles. The number of nitrogens with one attached hydrogen (secondary N) is 1. The van der Waals surface area contributed by atoms with Gasteiger partial charge >= 0.3 is 12.0 Å². The summed E-state index contributed by atoms with van der Waals surface area (Å²) in [6.45, 7) is 7.16. The third-order valence-corrected chi connectivity index (χ3v) is 2.73. The largest absolute Gasteiger partial charge is 0.458 e. The normalized spacial score (nSPS) is 19.3. The summed E-state index contributed by atoms with van der Waals surface area (Å²) in [6.07, 6.45) is 4.05. The van der Waals surface area contributed by atoms with Crippen molar-refractivity contribution in [3.63, 3.8) is 0 Å². The summed E-state index contributed by atoms with van der Waals surface area (Å²) in [6, 6.07) is 2.06. The van der Waals surface area contributed by atoms with Crippen LogP contribution in [0.5, 0.6) is 6.01 Å². The summed E-state index contributed by atoms with van der Waals surface area (Å²) in [7, 11) is 0. The molecular formula is C13H20N4O2. The molecule has 0 aliphatic carbocycles. The minimum atomic E-state index is -0.224. The molecule has 0 bridgehead atoms. The van der Waals surface area contributed by atoms with E-state index in [4.69, 9.17) is 4.74 Å². The Bertz CT molecular complexity index is 430. The first-order valence-electron chi connectivity index (χ1n) is 6.45. The number of carbonyl (C=O) groups is 1. The van der Waals surface area contributed by atoms with Crippen LogP contribution in [-0.2, 0) is 0 Å². The minimum absolute atomic E-state index is 0.0341. The summed E-state index contributed by atoms with van der Waals surface area (Å²) in [5.74, 6) is 0. The molecule has 1 N–H and O–H groups in total. The molecule has 6 nitrogen and oxygen atoms in total. The number of amides is 2. The molecule has 0 radical (unpaired) electrons. The average Bonchev–Trinajstić information content (AvgIpc) is 2.77. The fraction of sp³-hybridized carbons (Fsp3) is 0.615. The first-order chi connectivity index (χ1) is 8.94. The van der Waals surface area contributed by atoms with Gasteiger partial charge in [0.2, 0.25) is 0 Å². The summed E-state index contributed by atoms with van der Waals surface area (Å²) < 4.78 is 5.64. The zero-order valence-corrected chi connectivity index (χ0v) is 11.6. The first kappa shape index (κ1) is 13.6. The molecule has 19 heavy (non-hydrogen) atoms. The van der Waals surface area contributed by atoms with E-state index >= 15 is 0 Å². The first-order valence-corrected chi connectivity index (χ1v) is 6.45. The number of aromatic nitrogens is 2. The van der Waals surface area contributed by atoms with Crippen molar-refractivity contribution in [1.29, 1.82) is 0 Å². The molecule has 2 amide bonds. The van der Waals surface area contributed by atoms with E-state index in [-0.39, 0.29) is 17.7 Å². The van der Waals surface area contributed by atoms with Crippen LogP contribution in [0.4, 0.5) is 4.79 Å². The number of likely N-dealkylation sites (tertiary alicyclic amines) is 1. The van der Waals surface area contributed by atoms with E-state index in [0.29, 0.717) is 19.1 Å². The summed E-state index contributed by atoms with van der Waals surface area (Å²) in [4.78, 5) is 21.8. The van der Waals surface area contributed by atoms with Crippen molar-refractivity contribution < 1.29 is 9.53 Å². The number of ether oxygens (including phenoxy) is 1. The lowest BCUT2D eigenvalue weighted by molar-refractivity contribution is 0.174. The minimum Gasteiger partial charge on any atom is -0.458 e. The van der Waals surface area contributed by atoms with Gasteiger partial charge in [-0.25, -0.2) is 14.8 Å². The van der Waals surface area contributed by atoms with Gasteiger partial charge in [0, 0.05) is 30.9 Å². The molecule has 1 aliphatic rings. The lowest BCUT2D eigenvalue weighted by Gasteiger charge is -2.25. The average molecular weight is 264 g/mol. The van der Waals surface area contributed by atoms with E-state index < -0.39 is 0 Å². The van der Waals surface area contributed by atoms with E-state index in [0.717, 1.165) is 6.42 Å².